The van der Waals surface area contributed by atoms with Crippen LogP contribution in [0.3, 0.4) is 0 Å². The summed E-state index contributed by atoms with van der Waals surface area (Å²) in [5.74, 6) is -0.708. The van der Waals surface area contributed by atoms with E-state index in [2.05, 4.69) is 15.6 Å². The van der Waals surface area contributed by atoms with E-state index in [1.165, 1.54) is 17.0 Å². The number of carbonyl (C=O) groups excluding carboxylic acids is 2. The van der Waals surface area contributed by atoms with E-state index in [1.54, 1.807) is 19.1 Å². The van der Waals surface area contributed by atoms with Crippen LogP contribution in [0.15, 0.2) is 29.3 Å². The number of fused-ring (bicyclic) bond motifs is 1. The van der Waals surface area contributed by atoms with E-state index in [-0.39, 0.29) is 18.0 Å². The van der Waals surface area contributed by atoms with Crippen LogP contribution in [0, 0.1) is 0 Å². The van der Waals surface area contributed by atoms with Gasteiger partial charge in [0.15, 0.2) is 0 Å². The fourth-order valence-corrected chi connectivity index (χ4v) is 2.32. The van der Waals surface area contributed by atoms with Gasteiger partial charge in [0.2, 0.25) is 11.8 Å². The first-order valence-electron chi connectivity index (χ1n) is 7.64. The Hall–Kier alpha value is -2.41. The highest BCUT2D eigenvalue weighted by atomic mass is 35.5. The molecule has 2 rings (SSSR count). The van der Waals surface area contributed by atoms with E-state index >= 15 is 0 Å². The van der Waals surface area contributed by atoms with Gasteiger partial charge in [0.1, 0.15) is 12.6 Å². The van der Waals surface area contributed by atoms with Crippen molar-refractivity contribution in [3.8, 4) is 0 Å². The van der Waals surface area contributed by atoms with Crippen LogP contribution in [0.25, 0.3) is 10.9 Å². The quantitative estimate of drug-likeness (QED) is 0.815. The van der Waals surface area contributed by atoms with Crippen molar-refractivity contribution in [2.45, 2.75) is 32.9 Å². The van der Waals surface area contributed by atoms with Crippen LogP contribution < -0.4 is 16.2 Å². The minimum atomic E-state index is -0.678. The number of nitrogens with zero attached hydrogens (tertiary/aromatic N) is 2. The van der Waals surface area contributed by atoms with Crippen molar-refractivity contribution >= 4 is 34.3 Å². The average molecular weight is 351 g/mol. The lowest BCUT2D eigenvalue weighted by atomic mass is 10.2. The lowest BCUT2D eigenvalue weighted by Crippen LogP contribution is -2.46. The Morgan fingerprint density at radius 2 is 2.12 bits per heavy atom. The van der Waals surface area contributed by atoms with E-state index in [0.717, 1.165) is 6.42 Å². The van der Waals surface area contributed by atoms with Crippen molar-refractivity contribution in [1.82, 2.24) is 20.2 Å². The first kappa shape index (κ1) is 17.9. The number of aromatic nitrogens is 2. The standard InChI is InChI=1S/C16H19ClN4O3/c1-3-6-18-15(23)10(2)20-14(22)8-21-9-19-13-5-4-11(17)7-12(13)16(21)24/h4-5,7,9-10H,3,6,8H2,1-2H3,(H,18,23)(H,20,22)/t10-/m1/s1. The molecule has 1 aromatic carbocycles. The second-order valence-corrected chi connectivity index (χ2v) is 5.86. The molecular weight excluding hydrogens is 332 g/mol. The first-order chi connectivity index (χ1) is 11.4. The highest BCUT2D eigenvalue weighted by molar-refractivity contribution is 6.31. The average Bonchev–Trinajstić information content (AvgIpc) is 2.55. The summed E-state index contributed by atoms with van der Waals surface area (Å²) in [5, 5.41) is 6.01. The molecule has 1 atom stereocenters. The molecule has 2 amide bonds. The molecule has 128 valence electrons. The number of halogens is 1. The maximum atomic E-state index is 12.4. The molecule has 8 heteroatoms. The van der Waals surface area contributed by atoms with Gasteiger partial charge in [-0.1, -0.05) is 18.5 Å². The van der Waals surface area contributed by atoms with E-state index in [1.807, 2.05) is 6.92 Å². The molecule has 2 aromatic rings. The second-order valence-electron chi connectivity index (χ2n) is 5.42. The summed E-state index contributed by atoms with van der Waals surface area (Å²) in [6.45, 7) is 3.85. The highest BCUT2D eigenvalue weighted by Gasteiger charge is 2.16. The van der Waals surface area contributed by atoms with Crippen molar-refractivity contribution in [1.29, 1.82) is 0 Å². The molecule has 0 spiro atoms. The molecule has 1 heterocycles. The Labute approximate surface area is 144 Å². The van der Waals surface area contributed by atoms with Gasteiger partial charge in [-0.2, -0.15) is 0 Å². The third-order valence-corrected chi connectivity index (χ3v) is 3.66. The Morgan fingerprint density at radius 1 is 1.38 bits per heavy atom. The van der Waals surface area contributed by atoms with Gasteiger partial charge in [-0.25, -0.2) is 4.98 Å². The monoisotopic (exact) mass is 350 g/mol. The second kappa shape index (κ2) is 7.92. The van der Waals surface area contributed by atoms with Crippen molar-refractivity contribution in [3.05, 3.63) is 39.9 Å². The van der Waals surface area contributed by atoms with E-state index < -0.39 is 11.9 Å². The Morgan fingerprint density at radius 3 is 2.83 bits per heavy atom. The van der Waals surface area contributed by atoms with Gasteiger partial charge in [0.25, 0.3) is 5.56 Å². The summed E-state index contributed by atoms with van der Waals surface area (Å²) in [4.78, 5) is 40.3. The SMILES string of the molecule is CCCNC(=O)[C@@H](C)NC(=O)Cn1cnc2ccc(Cl)cc2c1=O. The van der Waals surface area contributed by atoms with E-state index in [4.69, 9.17) is 11.6 Å². The van der Waals surface area contributed by atoms with Crippen LogP contribution in [0.4, 0.5) is 0 Å². The third kappa shape index (κ3) is 4.32. The van der Waals surface area contributed by atoms with Gasteiger partial charge in [0, 0.05) is 11.6 Å². The van der Waals surface area contributed by atoms with Crippen molar-refractivity contribution in [2.24, 2.45) is 0 Å². The molecule has 1 aromatic heterocycles. The van der Waals surface area contributed by atoms with Crippen molar-refractivity contribution in [2.75, 3.05) is 6.54 Å². The van der Waals surface area contributed by atoms with Crippen LogP contribution in [-0.2, 0) is 16.1 Å². The first-order valence-corrected chi connectivity index (χ1v) is 8.02. The van der Waals surface area contributed by atoms with Gasteiger partial charge in [-0.05, 0) is 31.5 Å². The number of nitrogens with one attached hydrogen (secondary N) is 2. The van der Waals surface area contributed by atoms with Gasteiger partial charge in [-0.15, -0.1) is 0 Å². The summed E-state index contributed by atoms with van der Waals surface area (Å²) in [7, 11) is 0. The molecule has 24 heavy (non-hydrogen) atoms. The molecular formula is C16H19ClN4O3. The highest BCUT2D eigenvalue weighted by Crippen LogP contribution is 2.13. The fraction of sp³-hybridized carbons (Fsp3) is 0.375. The summed E-state index contributed by atoms with van der Waals surface area (Å²) in [6.07, 6.45) is 2.12. The summed E-state index contributed by atoms with van der Waals surface area (Å²) in [6, 6.07) is 4.12. The fourth-order valence-electron chi connectivity index (χ4n) is 2.15. The maximum Gasteiger partial charge on any atom is 0.261 e. The molecule has 0 radical (unpaired) electrons. The largest absolute Gasteiger partial charge is 0.354 e. The van der Waals surface area contributed by atoms with Crippen LogP contribution in [0.5, 0.6) is 0 Å². The summed E-state index contributed by atoms with van der Waals surface area (Å²) >= 11 is 5.89. The lowest BCUT2D eigenvalue weighted by Gasteiger charge is -2.14. The Balaban J connectivity index is 2.09. The number of benzene rings is 1. The third-order valence-electron chi connectivity index (χ3n) is 3.42. The normalized spacial score (nSPS) is 12.0. The van der Waals surface area contributed by atoms with Gasteiger partial charge < -0.3 is 10.6 Å². The Bertz CT molecular complexity index is 819. The van der Waals surface area contributed by atoms with Gasteiger partial charge in [-0.3, -0.25) is 19.0 Å². The van der Waals surface area contributed by atoms with Crippen LogP contribution in [0.1, 0.15) is 20.3 Å². The molecule has 0 saturated heterocycles. The van der Waals surface area contributed by atoms with Crippen LogP contribution in [-0.4, -0.2) is 34.0 Å². The summed E-state index contributed by atoms with van der Waals surface area (Å²) < 4.78 is 1.19. The number of rotatable bonds is 6. The van der Waals surface area contributed by atoms with E-state index in [9.17, 15) is 14.4 Å². The number of hydrogen-bond acceptors (Lipinski definition) is 4. The number of carbonyl (C=O) groups is 2. The molecule has 0 aliphatic rings. The zero-order valence-electron chi connectivity index (χ0n) is 13.5. The predicted molar refractivity (Wildman–Crippen MR) is 91.9 cm³/mol. The van der Waals surface area contributed by atoms with Crippen molar-refractivity contribution in [3.63, 3.8) is 0 Å². The smallest absolute Gasteiger partial charge is 0.261 e. The molecule has 7 nitrogen and oxygen atoms in total. The summed E-state index contributed by atoms with van der Waals surface area (Å²) in [5.41, 5.74) is 0.147. The Kier molecular flexibility index (Phi) is 5.92. The maximum absolute atomic E-state index is 12.4. The minimum absolute atomic E-state index is 0.223. The van der Waals surface area contributed by atoms with Gasteiger partial charge >= 0.3 is 0 Å². The number of hydrogen-bond donors (Lipinski definition) is 2. The lowest BCUT2D eigenvalue weighted by molar-refractivity contribution is -0.128. The van der Waals surface area contributed by atoms with Gasteiger partial charge in [0.05, 0.1) is 17.2 Å². The van der Waals surface area contributed by atoms with E-state index in [0.29, 0.717) is 22.5 Å². The molecule has 0 saturated carbocycles. The molecule has 0 fully saturated rings. The van der Waals surface area contributed by atoms with Crippen LogP contribution >= 0.6 is 11.6 Å². The topological polar surface area (TPSA) is 93.1 Å². The number of amides is 2. The molecule has 0 unspecified atom stereocenters. The predicted octanol–water partition coefficient (Wildman–Crippen LogP) is 1.08. The van der Waals surface area contributed by atoms with Crippen molar-refractivity contribution < 1.29 is 9.59 Å². The zero-order valence-corrected chi connectivity index (χ0v) is 14.3. The molecule has 0 aliphatic carbocycles. The minimum Gasteiger partial charge on any atom is -0.354 e. The molecule has 0 aliphatic heterocycles. The zero-order chi connectivity index (χ0) is 17.7. The molecule has 0 bridgehead atoms. The van der Waals surface area contributed by atoms with Crippen LogP contribution in [0.2, 0.25) is 5.02 Å². The molecule has 2 N–H and O–H groups in total.